The van der Waals surface area contributed by atoms with Crippen molar-refractivity contribution in [1.29, 1.82) is 0 Å². The Bertz CT molecular complexity index is 1790. The lowest BCUT2D eigenvalue weighted by atomic mass is 9.93. The molecule has 0 saturated heterocycles. The van der Waals surface area contributed by atoms with Crippen molar-refractivity contribution in [2.24, 2.45) is 9.98 Å². The van der Waals surface area contributed by atoms with Crippen LogP contribution in [0.1, 0.15) is 35.3 Å². The molecule has 7 nitrogen and oxygen atoms in total. The number of phenols is 1. The first-order chi connectivity index (χ1) is 19.6. The summed E-state index contributed by atoms with van der Waals surface area (Å²) in [4.78, 5) is 12.5. The monoisotopic (exact) mass is 524 g/mol. The zero-order valence-corrected chi connectivity index (χ0v) is 22.3. The quantitative estimate of drug-likeness (QED) is 0.260. The van der Waals surface area contributed by atoms with Crippen LogP contribution in [0.5, 0.6) is 5.75 Å². The number of anilines is 2. The molecule has 2 N–H and O–H groups in total. The normalized spacial score (nSPS) is 15.4. The van der Waals surface area contributed by atoms with Crippen molar-refractivity contribution in [3.8, 4) is 11.4 Å². The number of aromatic hydroxyl groups is 1. The lowest BCUT2D eigenvalue weighted by Gasteiger charge is -2.40. The molecule has 0 bridgehead atoms. The van der Waals surface area contributed by atoms with Crippen LogP contribution in [-0.2, 0) is 6.42 Å². The highest BCUT2D eigenvalue weighted by Gasteiger charge is 2.41. The number of benzene rings is 4. The number of amidine groups is 2. The summed E-state index contributed by atoms with van der Waals surface area (Å²) >= 11 is 0. The van der Waals surface area contributed by atoms with Crippen LogP contribution in [-0.4, -0.2) is 26.6 Å². The molecule has 0 amide bonds. The molecule has 1 unspecified atom stereocenters. The summed E-state index contributed by atoms with van der Waals surface area (Å²) < 4.78 is 1.90. The maximum Gasteiger partial charge on any atom is 0.179 e. The van der Waals surface area contributed by atoms with E-state index in [-0.39, 0.29) is 11.8 Å². The largest absolute Gasteiger partial charge is 0.508 e. The van der Waals surface area contributed by atoms with Gasteiger partial charge in [0.25, 0.3) is 0 Å². The third kappa shape index (κ3) is 3.94. The van der Waals surface area contributed by atoms with Gasteiger partial charge in [-0.25, -0.2) is 14.7 Å². The minimum atomic E-state index is -0.289. The maximum absolute atomic E-state index is 10.5. The van der Waals surface area contributed by atoms with Crippen LogP contribution in [0.2, 0.25) is 0 Å². The molecular weight excluding hydrogens is 496 g/mol. The molecule has 7 rings (SSSR count). The van der Waals surface area contributed by atoms with Crippen LogP contribution in [0.3, 0.4) is 0 Å². The zero-order valence-electron chi connectivity index (χ0n) is 22.3. The van der Waals surface area contributed by atoms with E-state index in [1.165, 1.54) is 5.56 Å². The van der Waals surface area contributed by atoms with Gasteiger partial charge >= 0.3 is 0 Å². The lowest BCUT2D eigenvalue weighted by molar-refractivity contribution is 0.474. The fraction of sp³-hybridized carbons (Fsp3) is 0.121. The first kappa shape index (κ1) is 23.9. The number of aliphatic imine (C=N–C) groups is 2. The van der Waals surface area contributed by atoms with Crippen LogP contribution < -0.4 is 10.2 Å². The third-order valence-corrected chi connectivity index (χ3v) is 7.45. The maximum atomic E-state index is 10.5. The van der Waals surface area contributed by atoms with E-state index in [2.05, 4.69) is 47.5 Å². The molecule has 0 aliphatic carbocycles. The Kier molecular flexibility index (Phi) is 5.70. The van der Waals surface area contributed by atoms with Crippen LogP contribution in [0.25, 0.3) is 5.69 Å². The van der Waals surface area contributed by atoms with E-state index in [4.69, 9.17) is 15.1 Å². The molecule has 40 heavy (non-hydrogen) atoms. The van der Waals surface area contributed by atoms with Crippen LogP contribution >= 0.6 is 0 Å². The number of phenolic OH excluding ortho intramolecular Hbond substituents is 1. The minimum Gasteiger partial charge on any atom is -0.508 e. The second kappa shape index (κ2) is 9.54. The Morgan fingerprint density at radius 1 is 0.850 bits per heavy atom. The van der Waals surface area contributed by atoms with Gasteiger partial charge in [-0.15, -0.1) is 0 Å². The van der Waals surface area contributed by atoms with E-state index in [1.807, 2.05) is 78.3 Å². The van der Waals surface area contributed by atoms with Crippen LogP contribution in [0.15, 0.2) is 113 Å². The second-order valence-electron chi connectivity index (χ2n) is 10.00. The molecule has 1 atom stereocenters. The Hall–Kier alpha value is -5.17. The molecule has 7 heteroatoms. The number of hydrogen-bond donors (Lipinski definition) is 2. The molecule has 1 aromatic heterocycles. The van der Waals surface area contributed by atoms with Gasteiger partial charge in [0.15, 0.2) is 17.5 Å². The third-order valence-electron chi connectivity index (χ3n) is 7.45. The molecule has 0 saturated carbocycles. The molecule has 4 aromatic carbocycles. The lowest BCUT2D eigenvalue weighted by Crippen LogP contribution is -2.46. The summed E-state index contributed by atoms with van der Waals surface area (Å²) in [6, 6.07) is 33.7. The number of rotatable bonds is 4. The molecule has 0 fully saturated rings. The van der Waals surface area contributed by atoms with Crippen molar-refractivity contribution in [1.82, 2.24) is 9.78 Å². The highest BCUT2D eigenvalue weighted by molar-refractivity contribution is 6.51. The molecule has 5 aromatic rings. The molecule has 196 valence electrons. The molecule has 0 spiro atoms. The molecular formula is C33H28N6O. The van der Waals surface area contributed by atoms with Gasteiger partial charge in [-0.1, -0.05) is 61.5 Å². The average Bonchev–Trinajstić information content (AvgIpc) is 3.33. The van der Waals surface area contributed by atoms with Crippen molar-refractivity contribution in [3.63, 3.8) is 0 Å². The average molecular weight is 525 g/mol. The first-order valence-corrected chi connectivity index (χ1v) is 13.5. The number of hydrogen-bond acceptors (Lipinski definition) is 6. The van der Waals surface area contributed by atoms with Gasteiger partial charge in [-0.05, 0) is 73.0 Å². The van der Waals surface area contributed by atoms with Crippen molar-refractivity contribution < 1.29 is 5.11 Å². The summed E-state index contributed by atoms with van der Waals surface area (Å²) in [6.07, 6.45) is 0.978. The van der Waals surface area contributed by atoms with E-state index in [1.54, 1.807) is 6.07 Å². The Balaban J connectivity index is 1.48. The predicted octanol–water partition coefficient (Wildman–Crippen LogP) is 7.24. The van der Waals surface area contributed by atoms with Gasteiger partial charge in [0.1, 0.15) is 5.75 Å². The Labute approximate surface area is 232 Å². The van der Waals surface area contributed by atoms with Gasteiger partial charge in [0, 0.05) is 11.3 Å². The predicted molar refractivity (Wildman–Crippen MR) is 161 cm³/mol. The van der Waals surface area contributed by atoms with Crippen LogP contribution in [0.4, 0.5) is 22.9 Å². The van der Waals surface area contributed by atoms with Gasteiger partial charge in [0.2, 0.25) is 0 Å². The highest BCUT2D eigenvalue weighted by atomic mass is 16.3. The van der Waals surface area contributed by atoms with Crippen molar-refractivity contribution >= 4 is 34.6 Å². The summed E-state index contributed by atoms with van der Waals surface area (Å²) in [6.45, 7) is 4.17. The van der Waals surface area contributed by atoms with E-state index < -0.39 is 0 Å². The smallest absolute Gasteiger partial charge is 0.179 e. The summed E-state index contributed by atoms with van der Waals surface area (Å²) in [5, 5.41) is 19.0. The molecule has 3 heterocycles. The molecule has 2 aliphatic rings. The van der Waals surface area contributed by atoms with Crippen molar-refractivity contribution in [2.45, 2.75) is 26.3 Å². The first-order valence-electron chi connectivity index (χ1n) is 13.5. The Morgan fingerprint density at radius 2 is 1.62 bits per heavy atom. The van der Waals surface area contributed by atoms with Crippen molar-refractivity contribution in [3.05, 3.63) is 126 Å². The number of nitrogens with one attached hydrogen (secondary N) is 1. The minimum absolute atomic E-state index is 0.213. The zero-order chi connectivity index (χ0) is 27.2. The number of nitrogens with zero attached hydrogens (tertiary/aromatic N) is 5. The Morgan fingerprint density at radius 3 is 2.40 bits per heavy atom. The number of para-hydroxylation sites is 3. The van der Waals surface area contributed by atoms with Gasteiger partial charge in [-0.3, -0.25) is 0 Å². The van der Waals surface area contributed by atoms with E-state index in [9.17, 15) is 5.11 Å². The fourth-order valence-electron chi connectivity index (χ4n) is 5.52. The van der Waals surface area contributed by atoms with E-state index in [0.717, 1.165) is 51.8 Å². The topological polar surface area (TPSA) is 78.0 Å². The second-order valence-corrected chi connectivity index (χ2v) is 10.00. The standard InChI is InChI=1S/C33H28N6O/c1-3-22-16-18-24(19-17-22)34-31-33-36-32-29(21(2)37-39(32)25-11-5-4-6-12-25)30(23-10-9-13-26(40)20-23)38(33)28-15-8-7-14-27(28)35-31/h4-20,30,40H,3H2,1-2H3,(H,34,35). The molecule has 0 radical (unpaired) electrons. The van der Waals surface area contributed by atoms with Gasteiger partial charge in [-0.2, -0.15) is 5.10 Å². The summed E-state index contributed by atoms with van der Waals surface area (Å²) in [7, 11) is 0. The summed E-state index contributed by atoms with van der Waals surface area (Å²) in [5.74, 6) is 2.30. The number of fused-ring (bicyclic) bond motifs is 4. The number of aromatic nitrogens is 2. The van der Waals surface area contributed by atoms with Crippen LogP contribution in [0, 0.1) is 6.92 Å². The van der Waals surface area contributed by atoms with Gasteiger partial charge < -0.3 is 15.3 Å². The van der Waals surface area contributed by atoms with Crippen molar-refractivity contribution in [2.75, 3.05) is 10.2 Å². The summed E-state index contributed by atoms with van der Waals surface area (Å²) in [5.41, 5.74) is 7.72. The van der Waals surface area contributed by atoms with E-state index in [0.29, 0.717) is 11.7 Å². The highest BCUT2D eigenvalue weighted by Crippen LogP contribution is 2.48. The number of aryl methyl sites for hydroxylation is 2. The fourth-order valence-corrected chi connectivity index (χ4v) is 5.52. The van der Waals surface area contributed by atoms with E-state index >= 15 is 0 Å². The SMILES string of the molecule is CCc1ccc(NC2=Nc3ccccc3N3C2=Nc2c(c(C)nn2-c2ccccc2)C3c2cccc(O)c2)cc1. The molecule has 2 aliphatic heterocycles. The van der Waals surface area contributed by atoms with Gasteiger partial charge in [0.05, 0.1) is 28.8 Å².